The second-order valence-corrected chi connectivity index (χ2v) is 6.12. The Hall–Kier alpha value is -0.610. The molecule has 4 nitrogen and oxygen atoms in total. The Labute approximate surface area is 108 Å². The zero-order chi connectivity index (χ0) is 12.7. The lowest BCUT2D eigenvalue weighted by atomic mass is 10.0. The summed E-state index contributed by atoms with van der Waals surface area (Å²) in [6, 6.07) is 0.156. The Morgan fingerprint density at radius 1 is 1.33 bits per heavy atom. The van der Waals surface area contributed by atoms with Gasteiger partial charge in [-0.1, -0.05) is 12.8 Å². The standard InChI is InChI=1S/C14H23NO3/c1-9-8-18-10(7-16)6-15(9)14(17)13-11-4-2-3-5-12(11)13/h9-13,16H,2-8H2,1H3. The molecule has 4 atom stereocenters. The highest BCUT2D eigenvalue weighted by Gasteiger charge is 2.56. The zero-order valence-electron chi connectivity index (χ0n) is 11.0. The first kappa shape index (κ1) is 12.4. The topological polar surface area (TPSA) is 49.8 Å². The number of amides is 1. The SMILES string of the molecule is CC1COC(CO)CN1C(=O)C1C2CCCCC21. The van der Waals surface area contributed by atoms with E-state index in [-0.39, 0.29) is 24.7 Å². The number of carbonyl (C=O) groups is 1. The molecule has 3 aliphatic rings. The number of ether oxygens (including phenoxy) is 1. The van der Waals surface area contributed by atoms with Crippen molar-refractivity contribution in [3.05, 3.63) is 0 Å². The predicted molar refractivity (Wildman–Crippen MR) is 66.9 cm³/mol. The Balaban J connectivity index is 1.64. The summed E-state index contributed by atoms with van der Waals surface area (Å²) in [7, 11) is 0. The molecular formula is C14H23NO3. The fourth-order valence-corrected chi connectivity index (χ4v) is 3.79. The lowest BCUT2D eigenvalue weighted by molar-refractivity contribution is -0.148. The van der Waals surface area contributed by atoms with Crippen molar-refractivity contribution in [2.45, 2.75) is 44.8 Å². The van der Waals surface area contributed by atoms with Gasteiger partial charge in [-0.15, -0.1) is 0 Å². The van der Waals surface area contributed by atoms with Crippen LogP contribution in [0.5, 0.6) is 0 Å². The largest absolute Gasteiger partial charge is 0.394 e. The van der Waals surface area contributed by atoms with Crippen molar-refractivity contribution < 1.29 is 14.6 Å². The molecule has 1 aliphatic heterocycles. The molecule has 0 radical (unpaired) electrons. The van der Waals surface area contributed by atoms with Crippen molar-refractivity contribution in [2.75, 3.05) is 19.8 Å². The van der Waals surface area contributed by atoms with Crippen LogP contribution in [0.1, 0.15) is 32.6 Å². The summed E-state index contributed by atoms with van der Waals surface area (Å²) in [4.78, 5) is 14.5. The molecule has 1 heterocycles. The molecule has 2 aliphatic carbocycles. The number of rotatable bonds is 2. The van der Waals surface area contributed by atoms with E-state index in [2.05, 4.69) is 0 Å². The van der Waals surface area contributed by atoms with Crippen LogP contribution in [0.15, 0.2) is 0 Å². The third kappa shape index (κ3) is 2.05. The highest BCUT2D eigenvalue weighted by Crippen LogP contribution is 2.56. The number of fused-ring (bicyclic) bond motifs is 1. The van der Waals surface area contributed by atoms with Crippen molar-refractivity contribution in [1.29, 1.82) is 0 Å². The molecule has 4 unspecified atom stereocenters. The van der Waals surface area contributed by atoms with E-state index in [1.807, 2.05) is 11.8 Å². The van der Waals surface area contributed by atoms with Crippen LogP contribution in [0.4, 0.5) is 0 Å². The van der Waals surface area contributed by atoms with E-state index in [1.54, 1.807) is 0 Å². The molecule has 1 amide bonds. The molecule has 102 valence electrons. The maximum atomic E-state index is 12.6. The van der Waals surface area contributed by atoms with E-state index in [9.17, 15) is 9.90 Å². The smallest absolute Gasteiger partial charge is 0.226 e. The van der Waals surface area contributed by atoms with Crippen LogP contribution in [0.25, 0.3) is 0 Å². The molecule has 3 fully saturated rings. The van der Waals surface area contributed by atoms with Gasteiger partial charge in [0.2, 0.25) is 5.91 Å². The minimum Gasteiger partial charge on any atom is -0.394 e. The molecule has 0 spiro atoms. The minimum atomic E-state index is -0.189. The summed E-state index contributed by atoms with van der Waals surface area (Å²) in [5, 5.41) is 9.17. The summed E-state index contributed by atoms with van der Waals surface area (Å²) in [5.74, 6) is 1.93. The van der Waals surface area contributed by atoms with Gasteiger partial charge in [-0.25, -0.2) is 0 Å². The molecule has 18 heavy (non-hydrogen) atoms. The average molecular weight is 253 g/mol. The quantitative estimate of drug-likeness (QED) is 0.799. The number of morpholine rings is 1. The number of aliphatic hydroxyl groups is 1. The fraction of sp³-hybridized carbons (Fsp3) is 0.929. The first-order chi connectivity index (χ1) is 8.72. The number of hydrogen-bond donors (Lipinski definition) is 1. The molecule has 0 aromatic rings. The predicted octanol–water partition coefficient (Wildman–Crippen LogP) is 1.03. The van der Waals surface area contributed by atoms with E-state index in [4.69, 9.17) is 4.74 Å². The van der Waals surface area contributed by atoms with Crippen LogP contribution in [-0.2, 0) is 9.53 Å². The Bertz CT molecular complexity index is 321. The molecule has 0 aromatic carbocycles. The molecule has 3 rings (SSSR count). The van der Waals surface area contributed by atoms with Crippen LogP contribution in [0.2, 0.25) is 0 Å². The van der Waals surface area contributed by atoms with E-state index < -0.39 is 0 Å². The molecule has 0 aromatic heterocycles. The van der Waals surface area contributed by atoms with Gasteiger partial charge in [-0.3, -0.25) is 4.79 Å². The first-order valence-corrected chi connectivity index (χ1v) is 7.25. The van der Waals surface area contributed by atoms with Gasteiger partial charge in [0.15, 0.2) is 0 Å². The molecule has 1 N–H and O–H groups in total. The van der Waals surface area contributed by atoms with E-state index in [0.29, 0.717) is 30.9 Å². The Kier molecular flexibility index (Phi) is 3.32. The summed E-state index contributed by atoms with van der Waals surface area (Å²) in [6.45, 7) is 3.16. The van der Waals surface area contributed by atoms with Crippen LogP contribution in [0, 0.1) is 17.8 Å². The third-order valence-corrected chi connectivity index (χ3v) is 4.93. The lowest BCUT2D eigenvalue weighted by Crippen LogP contribution is -2.52. The molecule has 2 saturated carbocycles. The highest BCUT2D eigenvalue weighted by atomic mass is 16.5. The maximum absolute atomic E-state index is 12.6. The number of aliphatic hydroxyl groups excluding tert-OH is 1. The second-order valence-electron chi connectivity index (χ2n) is 6.12. The molecular weight excluding hydrogens is 230 g/mol. The zero-order valence-corrected chi connectivity index (χ0v) is 11.0. The molecule has 4 heteroatoms. The van der Waals surface area contributed by atoms with Gasteiger partial charge in [-0.2, -0.15) is 0 Å². The van der Waals surface area contributed by atoms with Gasteiger partial charge in [-0.05, 0) is 31.6 Å². The summed E-state index contributed by atoms with van der Waals surface area (Å²) in [5.41, 5.74) is 0. The van der Waals surface area contributed by atoms with Crippen molar-refractivity contribution >= 4 is 5.91 Å². The fourth-order valence-electron chi connectivity index (χ4n) is 3.79. The van der Waals surface area contributed by atoms with Crippen molar-refractivity contribution in [3.8, 4) is 0 Å². The second kappa shape index (κ2) is 4.82. The van der Waals surface area contributed by atoms with Gasteiger partial charge >= 0.3 is 0 Å². The Morgan fingerprint density at radius 2 is 2.00 bits per heavy atom. The van der Waals surface area contributed by atoms with Gasteiger partial charge in [0.25, 0.3) is 0 Å². The number of hydrogen-bond acceptors (Lipinski definition) is 3. The normalized spacial score (nSPS) is 43.4. The van der Waals surface area contributed by atoms with Crippen LogP contribution < -0.4 is 0 Å². The molecule has 1 saturated heterocycles. The van der Waals surface area contributed by atoms with Crippen molar-refractivity contribution in [1.82, 2.24) is 4.90 Å². The van der Waals surface area contributed by atoms with Crippen LogP contribution in [-0.4, -0.2) is 47.8 Å². The van der Waals surface area contributed by atoms with Gasteiger partial charge in [0.1, 0.15) is 0 Å². The van der Waals surface area contributed by atoms with E-state index >= 15 is 0 Å². The highest BCUT2D eigenvalue weighted by molar-refractivity contribution is 5.82. The summed E-state index contributed by atoms with van der Waals surface area (Å²) < 4.78 is 5.49. The van der Waals surface area contributed by atoms with Crippen LogP contribution in [0.3, 0.4) is 0 Å². The first-order valence-electron chi connectivity index (χ1n) is 7.25. The monoisotopic (exact) mass is 253 g/mol. The summed E-state index contributed by atoms with van der Waals surface area (Å²) in [6.07, 6.45) is 4.88. The van der Waals surface area contributed by atoms with Gasteiger partial charge < -0.3 is 14.7 Å². The number of nitrogens with zero attached hydrogens (tertiary/aromatic N) is 1. The number of carbonyl (C=O) groups excluding carboxylic acids is 1. The third-order valence-electron chi connectivity index (χ3n) is 4.93. The van der Waals surface area contributed by atoms with Crippen LogP contribution >= 0.6 is 0 Å². The molecule has 0 bridgehead atoms. The average Bonchev–Trinajstić information content (AvgIpc) is 3.13. The minimum absolute atomic E-state index is 0.00796. The van der Waals surface area contributed by atoms with Gasteiger partial charge in [0, 0.05) is 12.5 Å². The maximum Gasteiger partial charge on any atom is 0.226 e. The van der Waals surface area contributed by atoms with Gasteiger partial charge in [0.05, 0.1) is 25.4 Å². The van der Waals surface area contributed by atoms with E-state index in [1.165, 1.54) is 25.7 Å². The van der Waals surface area contributed by atoms with Crippen molar-refractivity contribution in [2.24, 2.45) is 17.8 Å². The lowest BCUT2D eigenvalue weighted by Gasteiger charge is -2.37. The Morgan fingerprint density at radius 3 is 2.61 bits per heavy atom. The van der Waals surface area contributed by atoms with Crippen molar-refractivity contribution in [3.63, 3.8) is 0 Å². The summed E-state index contributed by atoms with van der Waals surface area (Å²) >= 11 is 0. The van der Waals surface area contributed by atoms with E-state index in [0.717, 1.165) is 0 Å².